The lowest BCUT2D eigenvalue weighted by molar-refractivity contribution is 0.0101. The molecule has 0 atom stereocenters. The molecule has 2 N–H and O–H groups in total. The first-order valence-electron chi connectivity index (χ1n) is 8.42. The van der Waals surface area contributed by atoms with Crippen LogP contribution in [0.15, 0.2) is 0 Å². The van der Waals surface area contributed by atoms with Crippen LogP contribution in [0.3, 0.4) is 0 Å². The van der Waals surface area contributed by atoms with Crippen molar-refractivity contribution >= 4 is 0 Å². The van der Waals surface area contributed by atoms with Crippen molar-refractivity contribution in [2.75, 3.05) is 32.7 Å². The highest BCUT2D eigenvalue weighted by molar-refractivity contribution is 4.90. The smallest absolute Gasteiger partial charge is 0.00966 e. The minimum atomic E-state index is 0.490. The van der Waals surface area contributed by atoms with Gasteiger partial charge in [0.05, 0.1) is 0 Å². The lowest BCUT2D eigenvalue weighted by atomic mass is 9.86. The molecule has 3 nitrogen and oxygen atoms in total. The van der Waals surface area contributed by atoms with Gasteiger partial charge in [0.1, 0.15) is 0 Å². The summed E-state index contributed by atoms with van der Waals surface area (Å²) >= 11 is 0. The SMILES string of the molecule is CC1CCN(CC2CN(C3CCC(N)CC3)C2)CC1. The maximum atomic E-state index is 5.99. The highest BCUT2D eigenvalue weighted by Crippen LogP contribution is 2.29. The molecule has 3 fully saturated rings. The molecule has 0 aromatic heterocycles. The van der Waals surface area contributed by atoms with Gasteiger partial charge in [0.2, 0.25) is 0 Å². The van der Waals surface area contributed by atoms with Crippen LogP contribution in [0.25, 0.3) is 0 Å². The van der Waals surface area contributed by atoms with Gasteiger partial charge in [-0.3, -0.25) is 4.90 Å². The van der Waals surface area contributed by atoms with Crippen molar-refractivity contribution in [3.8, 4) is 0 Å². The molecule has 0 spiro atoms. The largest absolute Gasteiger partial charge is 0.328 e. The summed E-state index contributed by atoms with van der Waals surface area (Å²) in [4.78, 5) is 5.43. The first kappa shape index (κ1) is 13.8. The summed E-state index contributed by atoms with van der Waals surface area (Å²) in [6, 6.07) is 1.35. The van der Waals surface area contributed by atoms with Crippen LogP contribution in [-0.2, 0) is 0 Å². The molecule has 0 aromatic rings. The van der Waals surface area contributed by atoms with Crippen LogP contribution in [0.2, 0.25) is 0 Å². The summed E-state index contributed by atoms with van der Waals surface area (Å²) in [6.45, 7) is 9.15. The Balaban J connectivity index is 1.34. The standard InChI is InChI=1S/C16H31N3/c1-13-6-8-18(9-7-13)10-14-11-19(12-14)16-4-2-15(17)3-5-16/h13-16H,2-12,17H2,1H3. The van der Waals surface area contributed by atoms with E-state index in [0.717, 1.165) is 17.9 Å². The van der Waals surface area contributed by atoms with Gasteiger partial charge >= 0.3 is 0 Å². The van der Waals surface area contributed by atoms with Gasteiger partial charge in [-0.05, 0) is 63.5 Å². The molecule has 2 aliphatic heterocycles. The van der Waals surface area contributed by atoms with E-state index in [4.69, 9.17) is 5.73 Å². The number of nitrogens with zero attached hydrogens (tertiary/aromatic N) is 2. The Hall–Kier alpha value is -0.120. The van der Waals surface area contributed by atoms with E-state index in [1.165, 1.54) is 71.2 Å². The first-order valence-corrected chi connectivity index (χ1v) is 8.42. The zero-order valence-corrected chi connectivity index (χ0v) is 12.6. The first-order chi connectivity index (χ1) is 9.20. The van der Waals surface area contributed by atoms with Gasteiger partial charge in [0.25, 0.3) is 0 Å². The molecule has 3 rings (SSSR count). The molecule has 2 saturated heterocycles. The predicted molar refractivity (Wildman–Crippen MR) is 80.1 cm³/mol. The molecule has 19 heavy (non-hydrogen) atoms. The van der Waals surface area contributed by atoms with Crippen LogP contribution in [0, 0.1) is 11.8 Å². The molecule has 0 amide bonds. The minimum Gasteiger partial charge on any atom is -0.328 e. The number of likely N-dealkylation sites (tertiary alicyclic amines) is 2. The summed E-state index contributed by atoms with van der Waals surface area (Å²) < 4.78 is 0. The average Bonchev–Trinajstić information content (AvgIpc) is 2.37. The summed E-state index contributed by atoms with van der Waals surface area (Å²) in [7, 11) is 0. The molecular weight excluding hydrogens is 234 g/mol. The normalized spacial score (nSPS) is 36.3. The molecule has 0 unspecified atom stereocenters. The number of hydrogen-bond acceptors (Lipinski definition) is 3. The van der Waals surface area contributed by atoms with Gasteiger partial charge in [-0.15, -0.1) is 0 Å². The molecule has 1 saturated carbocycles. The van der Waals surface area contributed by atoms with Crippen molar-refractivity contribution in [3.05, 3.63) is 0 Å². The monoisotopic (exact) mass is 265 g/mol. The number of rotatable bonds is 3. The second-order valence-corrected chi connectivity index (χ2v) is 7.37. The third kappa shape index (κ3) is 3.50. The minimum absolute atomic E-state index is 0.490. The van der Waals surface area contributed by atoms with Crippen molar-refractivity contribution in [2.24, 2.45) is 17.6 Å². The molecule has 110 valence electrons. The van der Waals surface area contributed by atoms with E-state index in [1.807, 2.05) is 0 Å². The van der Waals surface area contributed by atoms with Crippen LogP contribution < -0.4 is 5.73 Å². The molecular formula is C16H31N3. The Bertz CT molecular complexity index is 272. The molecule has 0 radical (unpaired) electrons. The van der Waals surface area contributed by atoms with E-state index in [-0.39, 0.29) is 0 Å². The number of piperidine rings is 1. The summed E-state index contributed by atoms with van der Waals surface area (Å²) in [5.41, 5.74) is 5.99. The maximum absolute atomic E-state index is 5.99. The lowest BCUT2D eigenvalue weighted by Gasteiger charge is -2.48. The molecule has 2 heterocycles. The molecule has 3 heteroatoms. The van der Waals surface area contributed by atoms with Gasteiger partial charge < -0.3 is 10.6 Å². The number of hydrogen-bond donors (Lipinski definition) is 1. The van der Waals surface area contributed by atoms with Crippen LogP contribution in [-0.4, -0.2) is 54.6 Å². The van der Waals surface area contributed by atoms with Crippen LogP contribution in [0.1, 0.15) is 45.4 Å². The van der Waals surface area contributed by atoms with Crippen molar-refractivity contribution in [2.45, 2.75) is 57.5 Å². The Morgan fingerprint density at radius 2 is 1.58 bits per heavy atom. The van der Waals surface area contributed by atoms with Gasteiger partial charge in [-0.25, -0.2) is 0 Å². The number of nitrogens with two attached hydrogens (primary N) is 1. The van der Waals surface area contributed by atoms with E-state index >= 15 is 0 Å². The second-order valence-electron chi connectivity index (χ2n) is 7.37. The van der Waals surface area contributed by atoms with Gasteiger partial charge in [-0.2, -0.15) is 0 Å². The third-order valence-corrected chi connectivity index (χ3v) is 5.64. The fraction of sp³-hybridized carbons (Fsp3) is 1.00. The van der Waals surface area contributed by atoms with Crippen LogP contribution in [0.5, 0.6) is 0 Å². The van der Waals surface area contributed by atoms with Crippen LogP contribution in [0.4, 0.5) is 0 Å². The van der Waals surface area contributed by atoms with E-state index < -0.39 is 0 Å². The van der Waals surface area contributed by atoms with Gasteiger partial charge in [-0.1, -0.05) is 6.92 Å². The summed E-state index contributed by atoms with van der Waals surface area (Å²) in [5.74, 6) is 1.91. The average molecular weight is 265 g/mol. The van der Waals surface area contributed by atoms with E-state index in [0.29, 0.717) is 6.04 Å². The summed E-state index contributed by atoms with van der Waals surface area (Å²) in [5, 5.41) is 0. The third-order valence-electron chi connectivity index (χ3n) is 5.64. The van der Waals surface area contributed by atoms with Crippen molar-refractivity contribution in [1.29, 1.82) is 0 Å². The van der Waals surface area contributed by atoms with Crippen molar-refractivity contribution < 1.29 is 0 Å². The lowest BCUT2D eigenvalue weighted by Crippen LogP contribution is -2.57. The quantitative estimate of drug-likeness (QED) is 0.846. The molecule has 0 aromatic carbocycles. The zero-order chi connectivity index (χ0) is 13.2. The highest BCUT2D eigenvalue weighted by atomic mass is 15.2. The van der Waals surface area contributed by atoms with Gasteiger partial charge in [0.15, 0.2) is 0 Å². The van der Waals surface area contributed by atoms with Gasteiger partial charge in [0, 0.05) is 31.7 Å². The van der Waals surface area contributed by atoms with E-state index in [1.54, 1.807) is 0 Å². The molecule has 3 aliphatic rings. The molecule has 1 aliphatic carbocycles. The Kier molecular flexibility index (Phi) is 4.45. The van der Waals surface area contributed by atoms with Crippen molar-refractivity contribution in [1.82, 2.24) is 9.80 Å². The van der Waals surface area contributed by atoms with E-state index in [2.05, 4.69) is 16.7 Å². The Morgan fingerprint density at radius 3 is 2.21 bits per heavy atom. The predicted octanol–water partition coefficient (Wildman–Crippen LogP) is 1.92. The fourth-order valence-corrected chi connectivity index (χ4v) is 4.10. The molecule has 0 bridgehead atoms. The Labute approximate surface area is 118 Å². The fourth-order valence-electron chi connectivity index (χ4n) is 4.10. The highest BCUT2D eigenvalue weighted by Gasteiger charge is 2.34. The topological polar surface area (TPSA) is 32.5 Å². The summed E-state index contributed by atoms with van der Waals surface area (Å²) in [6.07, 6.45) is 8.00. The van der Waals surface area contributed by atoms with Crippen LogP contribution >= 0.6 is 0 Å². The Morgan fingerprint density at radius 1 is 0.947 bits per heavy atom. The second kappa shape index (κ2) is 6.11. The maximum Gasteiger partial charge on any atom is 0.00966 e. The van der Waals surface area contributed by atoms with Crippen molar-refractivity contribution in [3.63, 3.8) is 0 Å². The van der Waals surface area contributed by atoms with E-state index in [9.17, 15) is 0 Å². The zero-order valence-electron chi connectivity index (χ0n) is 12.6.